The Morgan fingerprint density at radius 2 is 2.29 bits per heavy atom. The number of fused-ring (bicyclic) bond motifs is 1. The Hall–Kier alpha value is -0.730. The lowest BCUT2D eigenvalue weighted by molar-refractivity contribution is -0.116. The number of rotatable bonds is 1. The Morgan fingerprint density at radius 3 is 3.00 bits per heavy atom. The van der Waals surface area contributed by atoms with Gasteiger partial charge >= 0.3 is 0 Å². The number of amides is 1. The third-order valence-corrected chi connectivity index (χ3v) is 2.89. The van der Waals surface area contributed by atoms with Gasteiger partial charge < -0.3 is 4.90 Å². The van der Waals surface area contributed by atoms with Crippen LogP contribution in [0.2, 0.25) is 5.02 Å². The van der Waals surface area contributed by atoms with Crippen molar-refractivity contribution in [3.63, 3.8) is 0 Å². The number of anilines is 1. The number of para-hydroxylation sites is 1. The van der Waals surface area contributed by atoms with Gasteiger partial charge in [-0.25, -0.2) is 0 Å². The minimum absolute atomic E-state index is 0.00463. The third kappa shape index (κ3) is 1.49. The van der Waals surface area contributed by atoms with Gasteiger partial charge in [-0.15, -0.1) is 11.6 Å². The van der Waals surface area contributed by atoms with E-state index in [0.717, 1.165) is 17.7 Å². The Morgan fingerprint density at radius 1 is 1.50 bits per heavy atom. The van der Waals surface area contributed by atoms with Crippen LogP contribution in [0.1, 0.15) is 5.56 Å². The second-order valence-corrected chi connectivity index (χ2v) is 3.85. The molecule has 0 unspecified atom stereocenters. The topological polar surface area (TPSA) is 20.3 Å². The molecule has 0 aromatic heterocycles. The van der Waals surface area contributed by atoms with E-state index in [9.17, 15) is 4.79 Å². The molecule has 0 spiro atoms. The number of benzene rings is 1. The molecular weight excluding hydrogens is 221 g/mol. The van der Waals surface area contributed by atoms with Crippen molar-refractivity contribution in [2.45, 2.75) is 6.42 Å². The van der Waals surface area contributed by atoms with Crippen molar-refractivity contribution in [1.29, 1.82) is 0 Å². The highest BCUT2D eigenvalue weighted by Gasteiger charge is 2.25. The van der Waals surface area contributed by atoms with Gasteiger partial charge in [-0.3, -0.25) is 4.79 Å². The van der Waals surface area contributed by atoms with E-state index in [1.165, 1.54) is 0 Å². The summed E-state index contributed by atoms with van der Waals surface area (Å²) in [4.78, 5) is 13.1. The van der Waals surface area contributed by atoms with Crippen molar-refractivity contribution in [2.75, 3.05) is 17.3 Å². The van der Waals surface area contributed by atoms with E-state index in [0.29, 0.717) is 11.6 Å². The summed E-state index contributed by atoms with van der Waals surface area (Å²) in [5.74, 6) is -0.0801. The van der Waals surface area contributed by atoms with Crippen LogP contribution in [-0.2, 0) is 11.2 Å². The summed E-state index contributed by atoms with van der Waals surface area (Å²) in [7, 11) is 0. The molecule has 0 atom stereocenters. The molecular formula is C10H9Cl2NO. The molecule has 0 saturated carbocycles. The van der Waals surface area contributed by atoms with Gasteiger partial charge in [0, 0.05) is 6.54 Å². The molecule has 0 aliphatic carbocycles. The normalized spacial score (nSPS) is 14.3. The van der Waals surface area contributed by atoms with Gasteiger partial charge in [0.1, 0.15) is 5.88 Å². The molecule has 2 nitrogen and oxygen atoms in total. The van der Waals surface area contributed by atoms with Crippen molar-refractivity contribution in [2.24, 2.45) is 0 Å². The van der Waals surface area contributed by atoms with Crippen LogP contribution in [0.25, 0.3) is 0 Å². The van der Waals surface area contributed by atoms with Gasteiger partial charge in [0.15, 0.2) is 0 Å². The Balaban J connectivity index is 2.43. The summed E-state index contributed by atoms with van der Waals surface area (Å²) in [6.45, 7) is 0.685. The van der Waals surface area contributed by atoms with Gasteiger partial charge in [0.2, 0.25) is 5.91 Å². The lowest BCUT2D eigenvalue weighted by atomic mass is 10.2. The van der Waals surface area contributed by atoms with Crippen molar-refractivity contribution in [3.8, 4) is 0 Å². The molecule has 0 saturated heterocycles. The van der Waals surface area contributed by atoms with E-state index in [-0.39, 0.29) is 11.8 Å². The number of carbonyl (C=O) groups is 1. The summed E-state index contributed by atoms with van der Waals surface area (Å²) >= 11 is 11.5. The highest BCUT2D eigenvalue weighted by molar-refractivity contribution is 6.35. The van der Waals surface area contributed by atoms with Gasteiger partial charge in [-0.1, -0.05) is 23.7 Å². The Bertz CT molecular complexity index is 378. The summed E-state index contributed by atoms with van der Waals surface area (Å²) < 4.78 is 0. The van der Waals surface area contributed by atoms with E-state index in [1.807, 2.05) is 12.1 Å². The monoisotopic (exact) mass is 229 g/mol. The number of alkyl halides is 1. The third-order valence-electron chi connectivity index (χ3n) is 2.36. The number of carbonyl (C=O) groups excluding carboxylic acids is 1. The molecule has 0 radical (unpaired) electrons. The highest BCUT2D eigenvalue weighted by Crippen LogP contribution is 2.34. The second kappa shape index (κ2) is 3.79. The summed E-state index contributed by atoms with van der Waals surface area (Å²) in [6, 6.07) is 5.68. The van der Waals surface area contributed by atoms with Crippen molar-refractivity contribution < 1.29 is 4.79 Å². The molecule has 4 heteroatoms. The molecule has 0 N–H and O–H groups in total. The predicted octanol–water partition coefficient (Wildman–Crippen LogP) is 2.47. The molecule has 1 heterocycles. The lowest BCUT2D eigenvalue weighted by Crippen LogP contribution is -2.29. The van der Waals surface area contributed by atoms with E-state index in [1.54, 1.807) is 11.0 Å². The molecule has 0 bridgehead atoms. The Labute approximate surface area is 92.4 Å². The zero-order valence-electron chi connectivity index (χ0n) is 7.46. The fraction of sp³-hybridized carbons (Fsp3) is 0.300. The summed E-state index contributed by atoms with van der Waals surface area (Å²) in [6.07, 6.45) is 0.860. The van der Waals surface area contributed by atoms with Crippen LogP contribution in [0.3, 0.4) is 0 Å². The maximum Gasteiger partial charge on any atom is 0.241 e. The quantitative estimate of drug-likeness (QED) is 0.678. The smallest absolute Gasteiger partial charge is 0.241 e. The number of hydrogen-bond donors (Lipinski definition) is 0. The van der Waals surface area contributed by atoms with Gasteiger partial charge in [-0.2, -0.15) is 0 Å². The first-order valence-electron chi connectivity index (χ1n) is 4.37. The van der Waals surface area contributed by atoms with Crippen LogP contribution in [0.5, 0.6) is 0 Å². The minimum atomic E-state index is -0.0847. The average molecular weight is 230 g/mol. The maximum atomic E-state index is 11.5. The van der Waals surface area contributed by atoms with Crippen LogP contribution in [-0.4, -0.2) is 18.3 Å². The zero-order chi connectivity index (χ0) is 10.1. The SMILES string of the molecule is O=C(CCl)N1CCc2cccc(Cl)c21. The molecule has 1 aliphatic rings. The van der Waals surface area contributed by atoms with Crippen LogP contribution in [0, 0.1) is 0 Å². The standard InChI is InChI=1S/C10H9Cl2NO/c11-6-9(14)13-5-4-7-2-1-3-8(12)10(7)13/h1-3H,4-6H2. The van der Waals surface area contributed by atoms with E-state index < -0.39 is 0 Å². The summed E-state index contributed by atoms with van der Waals surface area (Å²) in [5, 5.41) is 0.624. The molecule has 74 valence electrons. The van der Waals surface area contributed by atoms with Crippen LogP contribution < -0.4 is 4.90 Å². The van der Waals surface area contributed by atoms with Crippen LogP contribution in [0.4, 0.5) is 5.69 Å². The number of hydrogen-bond acceptors (Lipinski definition) is 1. The van der Waals surface area contributed by atoms with Gasteiger partial charge in [0.25, 0.3) is 0 Å². The first kappa shape index (κ1) is 9.81. The van der Waals surface area contributed by atoms with Gasteiger partial charge in [0.05, 0.1) is 10.7 Å². The minimum Gasteiger partial charge on any atom is -0.309 e. The van der Waals surface area contributed by atoms with Crippen molar-refractivity contribution in [3.05, 3.63) is 28.8 Å². The van der Waals surface area contributed by atoms with Crippen molar-refractivity contribution in [1.82, 2.24) is 0 Å². The average Bonchev–Trinajstić information content (AvgIpc) is 2.62. The largest absolute Gasteiger partial charge is 0.309 e. The first-order chi connectivity index (χ1) is 6.74. The fourth-order valence-corrected chi connectivity index (χ4v) is 2.17. The number of halogens is 2. The molecule has 1 amide bonds. The van der Waals surface area contributed by atoms with Crippen LogP contribution in [0.15, 0.2) is 18.2 Å². The molecule has 1 aromatic rings. The molecule has 1 aliphatic heterocycles. The van der Waals surface area contributed by atoms with E-state index in [4.69, 9.17) is 23.2 Å². The van der Waals surface area contributed by atoms with E-state index in [2.05, 4.69) is 0 Å². The highest BCUT2D eigenvalue weighted by atomic mass is 35.5. The van der Waals surface area contributed by atoms with Gasteiger partial charge in [-0.05, 0) is 18.1 Å². The lowest BCUT2D eigenvalue weighted by Gasteiger charge is -2.16. The van der Waals surface area contributed by atoms with Crippen LogP contribution >= 0.6 is 23.2 Å². The Kier molecular flexibility index (Phi) is 2.66. The zero-order valence-corrected chi connectivity index (χ0v) is 8.98. The molecule has 0 fully saturated rings. The summed E-state index contributed by atoms with van der Waals surface area (Å²) in [5.41, 5.74) is 1.95. The molecule has 14 heavy (non-hydrogen) atoms. The number of nitrogens with zero attached hydrogens (tertiary/aromatic N) is 1. The second-order valence-electron chi connectivity index (χ2n) is 3.18. The van der Waals surface area contributed by atoms with E-state index >= 15 is 0 Å². The van der Waals surface area contributed by atoms with Crippen molar-refractivity contribution >= 4 is 34.8 Å². The molecule has 1 aromatic carbocycles. The first-order valence-corrected chi connectivity index (χ1v) is 5.29. The fourth-order valence-electron chi connectivity index (χ4n) is 1.73. The maximum absolute atomic E-state index is 11.5. The molecule has 2 rings (SSSR count). The predicted molar refractivity (Wildman–Crippen MR) is 58.2 cm³/mol.